The number of aliphatic carboxylic acids is 1. The van der Waals surface area contributed by atoms with Gasteiger partial charge in [-0.1, -0.05) is 79.4 Å². The number of aliphatic hydroxyl groups excluding tert-OH is 10. The molecule has 17 bridgehead atoms. The van der Waals surface area contributed by atoms with Gasteiger partial charge in [0.25, 0.3) is 0 Å². The zero-order valence-electron chi connectivity index (χ0n) is 69.9. The van der Waals surface area contributed by atoms with E-state index in [4.69, 9.17) is 71.6 Å². The molecule has 44 heteroatoms. The lowest BCUT2D eigenvalue weighted by Gasteiger charge is -2.44. The number of allylic oxidation sites excluding steroid dienone is 2. The largest absolute Gasteiger partial charge is 0.508 e. The van der Waals surface area contributed by atoms with Gasteiger partial charge in [-0.15, -0.1) is 0 Å². The highest BCUT2D eigenvalue weighted by Crippen LogP contribution is 2.51. The van der Waals surface area contributed by atoms with Crippen molar-refractivity contribution in [1.82, 2.24) is 42.5 Å². The predicted molar refractivity (Wildman–Crippen MR) is 453 cm³/mol. The number of ether oxygens (including phenoxy) is 9. The summed E-state index contributed by atoms with van der Waals surface area (Å²) in [5.74, 6) is -19.7. The Morgan fingerprint density at radius 1 is 0.508 bits per heavy atom. The molecule has 9 heterocycles. The van der Waals surface area contributed by atoms with Gasteiger partial charge in [-0.25, -0.2) is 4.79 Å². The van der Waals surface area contributed by atoms with Gasteiger partial charge in [-0.3, -0.25) is 38.4 Å². The van der Waals surface area contributed by atoms with Crippen molar-refractivity contribution >= 4 is 76.4 Å². The molecule has 7 aromatic carbocycles. The van der Waals surface area contributed by atoms with Crippen molar-refractivity contribution in [1.29, 1.82) is 0 Å². The van der Waals surface area contributed by atoms with Crippen LogP contribution in [0.15, 0.2) is 127 Å². The third-order valence-electron chi connectivity index (χ3n) is 23.1. The first-order chi connectivity index (χ1) is 63.0. The quantitative estimate of drug-likeness (QED) is 0.0396. The smallest absolute Gasteiger partial charge is 0.330 e. The molecule has 3 saturated heterocycles. The highest BCUT2D eigenvalue weighted by Gasteiger charge is 2.52. The molecule has 8 amide bonds. The maximum Gasteiger partial charge on any atom is 0.330 e. The molecule has 0 aromatic heterocycles. The number of carboxylic acids is 1. The van der Waals surface area contributed by atoms with E-state index in [0.717, 1.165) is 111 Å². The van der Waals surface area contributed by atoms with E-state index in [1.165, 1.54) is 30.3 Å². The van der Waals surface area contributed by atoms with Crippen LogP contribution in [0.2, 0.25) is 10.0 Å². The first-order valence-corrected chi connectivity index (χ1v) is 42.5. The van der Waals surface area contributed by atoms with Crippen LogP contribution in [0.5, 0.6) is 69.0 Å². The fourth-order valence-corrected chi connectivity index (χ4v) is 16.7. The SMILES string of the molecule is CCCCC/C=C\CCC(=O)N[C@@H]1[C@H](Oc2c3cc4cc2Oc2ccc(cc2Cl)[C@@H](O[C@@H]2O[C@H](CO)[C@@H](O)[C@H](O)[C@H]2NC(C)=O)[C@@H]2NC(=O)[C@H](NC(=O)[C@@H]4NC(=O)[C@H]4NC(=O)[C@@H](Cc5ccc(c(Cl)c5)O3)NC(=O)[C@H](N)c3ccc(O)c(c3)Oc3cc(O)cc4c3)c3ccc(O)c(c3)-c3c(O[C@H]4O[C@H](CO)[C@@H](O)[C@H](O)[C@@H]4O)cc(O)cc3[C@@H](C(=O)O)NC2=O)O[C@@H](CO)[C@H](O)[C@H]1O. The fourth-order valence-electron chi connectivity index (χ4n) is 16.2. The number of rotatable bonds is 19. The number of carbonyl (C=O) groups is 9. The van der Waals surface area contributed by atoms with Gasteiger partial charge in [-0.05, 0) is 132 Å². The summed E-state index contributed by atoms with van der Waals surface area (Å²) in [5, 5.41) is 190. The molecule has 42 nitrogen and oxygen atoms in total. The Labute approximate surface area is 759 Å². The number of halogens is 2. The number of amides is 8. The fraction of sp³-hybridized carbons (Fsp3) is 0.398. The Bertz CT molecular complexity index is 5600. The first kappa shape index (κ1) is 95.8. The van der Waals surface area contributed by atoms with Crippen molar-refractivity contribution in [2.45, 2.75) is 199 Å². The maximum atomic E-state index is 17.0. The summed E-state index contributed by atoms with van der Waals surface area (Å²) >= 11 is 14.7. The second kappa shape index (κ2) is 40.8. The number of phenolic OH excluding ortho intramolecular Hbond substituents is 4. The summed E-state index contributed by atoms with van der Waals surface area (Å²) in [6, 6.07) is 0.558. The third-order valence-corrected chi connectivity index (χ3v) is 23.7. The van der Waals surface area contributed by atoms with Gasteiger partial charge >= 0.3 is 5.97 Å². The molecule has 0 aliphatic carbocycles. The van der Waals surface area contributed by atoms with Gasteiger partial charge in [0.1, 0.15) is 156 Å². The minimum atomic E-state index is -2.59. The second-order valence-electron chi connectivity index (χ2n) is 32.3. The van der Waals surface area contributed by atoms with Crippen molar-refractivity contribution < 1.29 is 162 Å². The maximum absolute atomic E-state index is 17.0. The monoisotopic (exact) mass is 1880 g/mol. The van der Waals surface area contributed by atoms with Crippen LogP contribution >= 0.6 is 23.2 Å². The predicted octanol–water partition coefficient (Wildman–Crippen LogP) is 0.940. The molecular formula is C88H95Cl2N9O33. The average molecular weight is 1880 g/mol. The van der Waals surface area contributed by atoms with Crippen LogP contribution in [0.25, 0.3) is 11.1 Å². The van der Waals surface area contributed by atoms with Gasteiger partial charge in [0.2, 0.25) is 65.6 Å². The van der Waals surface area contributed by atoms with Crippen LogP contribution in [-0.2, 0) is 68.5 Å². The lowest BCUT2D eigenvalue weighted by Crippen LogP contribution is -2.65. The number of carboxylic acid groups (broad SMARTS) is 1. The van der Waals surface area contributed by atoms with Gasteiger partial charge in [0.15, 0.2) is 35.3 Å². The summed E-state index contributed by atoms with van der Waals surface area (Å²) in [6.07, 6.45) is -22.2. The van der Waals surface area contributed by atoms with Crippen molar-refractivity contribution in [3.05, 3.63) is 176 Å². The van der Waals surface area contributed by atoms with Crippen LogP contribution in [0.3, 0.4) is 0 Å². The van der Waals surface area contributed by atoms with E-state index in [1.807, 2.05) is 13.0 Å². The van der Waals surface area contributed by atoms with Crippen LogP contribution in [-0.4, -0.2) is 254 Å². The minimum absolute atomic E-state index is 0.0251. The lowest BCUT2D eigenvalue weighted by molar-refractivity contribution is -0.284. The first-order valence-electron chi connectivity index (χ1n) is 41.7. The van der Waals surface area contributed by atoms with Gasteiger partial charge in [-0.2, -0.15) is 0 Å². The molecule has 704 valence electrons. The number of aromatic hydroxyl groups is 4. The molecule has 3 fully saturated rings. The van der Waals surface area contributed by atoms with Crippen molar-refractivity contribution in [2.75, 3.05) is 19.8 Å². The molecule has 23 atom stereocenters. The van der Waals surface area contributed by atoms with Crippen molar-refractivity contribution in [3.63, 3.8) is 0 Å². The number of benzene rings is 7. The van der Waals surface area contributed by atoms with Crippen LogP contribution in [0, 0.1) is 0 Å². The number of carbonyl (C=O) groups excluding carboxylic acids is 8. The molecular weight excluding hydrogens is 1780 g/mol. The summed E-state index contributed by atoms with van der Waals surface area (Å²) in [6.45, 7) is -0.149. The number of hydrogen-bond donors (Lipinski definition) is 24. The Hall–Kier alpha value is -12.3. The van der Waals surface area contributed by atoms with E-state index >= 15 is 24.0 Å². The minimum Gasteiger partial charge on any atom is -0.508 e. The summed E-state index contributed by atoms with van der Waals surface area (Å²) in [4.78, 5) is 138. The summed E-state index contributed by atoms with van der Waals surface area (Å²) < 4.78 is 57.4. The molecule has 0 saturated carbocycles. The van der Waals surface area contributed by atoms with Crippen LogP contribution < -0.4 is 72.0 Å². The number of hydrogen-bond acceptors (Lipinski definition) is 33. The molecule has 0 unspecified atom stereocenters. The highest BCUT2D eigenvalue weighted by atomic mass is 35.5. The molecule has 7 aromatic rings. The average Bonchev–Trinajstić information content (AvgIpc) is 0.757. The topological polar surface area (TPSA) is 662 Å². The molecule has 9 aliphatic rings. The molecule has 0 spiro atoms. The van der Waals surface area contributed by atoms with Crippen molar-refractivity contribution in [2.24, 2.45) is 5.73 Å². The molecule has 9 aliphatic heterocycles. The molecule has 0 radical (unpaired) electrons. The molecule has 132 heavy (non-hydrogen) atoms. The Kier molecular flexibility index (Phi) is 29.6. The number of aliphatic hydroxyl groups is 10. The normalized spacial score (nSPS) is 28.9. The standard InChI is InChI=1S/C88H95Cl2N9O33/c1-3-4-5-6-7-8-9-10-60(108)94-68-74(113)71(110)58(32-101)129-87(68)132-78-55-26-40-27-56(78)126-52-18-14-38(24-47(52)90)77(131-86-67(92-34(2)103)73(112)70(109)57(31-100)128-86)69-84(121)98-66(85(122)123)45-29-42(105)30-54(127-88-76(115)75(114)72(111)59(33-102)130-88)61(45)44-23-37(13-15-49(44)106)63(81(118)99-69)96-83(120)65(40)97-82(119)64-39-21-41(104)28-43(22-39)124-53-25-36(12-16-50(53)107)62(91)80(117)93-48(79(116)95-64)20-35-11-17-51(125-55)46(89)19-35/h7-8,11-19,21-30,48,57-59,62-77,86-88,100-102,104-107,109-115H,3-6,9-10,20,31-33,91H2,1-2H3,(H,92,103)(H,93,117)(H,94,108)(H,95,116)(H,96,120)(H,97,119)(H,98,121)(H,99,118)(H,122,123)/b8-7-/t48-,57-,58+,59-,62-,63-,64+,65-,66+,67-,68+,69+,70-,71+,72-,73-,74+,75+,76+,77-,86+,87+,88+/m1/s1. The van der Waals surface area contributed by atoms with E-state index in [9.17, 15) is 95.8 Å². The van der Waals surface area contributed by atoms with Gasteiger partial charge in [0, 0.05) is 48.6 Å². The second-order valence-corrected chi connectivity index (χ2v) is 33.2. The molecule has 16 rings (SSSR count). The zero-order chi connectivity index (χ0) is 94.7. The van der Waals surface area contributed by atoms with Gasteiger partial charge < -0.3 is 167 Å². The number of phenols is 4. The Balaban J connectivity index is 1.04. The summed E-state index contributed by atoms with van der Waals surface area (Å²) in [5.41, 5.74) is 2.76. The summed E-state index contributed by atoms with van der Waals surface area (Å²) in [7, 11) is 0. The van der Waals surface area contributed by atoms with E-state index in [1.54, 1.807) is 6.08 Å². The Morgan fingerprint density at radius 3 is 1.70 bits per heavy atom. The highest BCUT2D eigenvalue weighted by molar-refractivity contribution is 6.32. The van der Waals surface area contributed by atoms with E-state index in [0.29, 0.717) is 6.42 Å². The number of unbranched alkanes of at least 4 members (excludes halogenated alkanes) is 3. The Morgan fingerprint density at radius 2 is 1.07 bits per heavy atom. The number of nitrogens with one attached hydrogen (secondary N) is 8. The zero-order valence-corrected chi connectivity index (χ0v) is 71.4. The van der Waals surface area contributed by atoms with E-state index in [-0.39, 0.29) is 46.2 Å². The van der Waals surface area contributed by atoms with E-state index < -0.39 is 316 Å². The number of fused-ring (bicyclic) bond motifs is 14. The van der Waals surface area contributed by atoms with Gasteiger partial charge in [0.05, 0.1) is 29.9 Å². The number of nitrogens with two attached hydrogens (primary N) is 1. The lowest BCUT2D eigenvalue weighted by atomic mass is 9.89. The van der Waals surface area contributed by atoms with Crippen LogP contribution in [0.4, 0.5) is 0 Å². The third kappa shape index (κ3) is 20.6. The van der Waals surface area contributed by atoms with E-state index in [2.05, 4.69) is 42.5 Å². The van der Waals surface area contributed by atoms with Crippen LogP contribution in [0.1, 0.15) is 128 Å². The molecule has 25 N–H and O–H groups in total. The van der Waals surface area contributed by atoms with Crippen molar-refractivity contribution in [3.8, 4) is 80.1 Å².